The van der Waals surface area contributed by atoms with Crippen LogP contribution in [0.4, 0.5) is 0 Å². The summed E-state index contributed by atoms with van der Waals surface area (Å²) in [4.78, 5) is 5.51. The Morgan fingerprint density at radius 2 is 1.95 bits per heavy atom. The third kappa shape index (κ3) is 5.34. The standard InChI is InChI=1S/C17H21ClN2S/c1-12-9-15(21-16-8-6-14(18)11-19-16)7-5-13(12)10-20-17(2,3)4/h5-9,11,20H,10H2,1-4H3. The predicted molar refractivity (Wildman–Crippen MR) is 91.1 cm³/mol. The van der Waals surface area contributed by atoms with E-state index < -0.39 is 0 Å². The summed E-state index contributed by atoms with van der Waals surface area (Å²) in [5.41, 5.74) is 2.76. The topological polar surface area (TPSA) is 24.9 Å². The second-order valence-electron chi connectivity index (χ2n) is 6.11. The lowest BCUT2D eigenvalue weighted by molar-refractivity contribution is 0.424. The molecular weight excluding hydrogens is 300 g/mol. The predicted octanol–water partition coefficient (Wildman–Crippen LogP) is 5.08. The highest BCUT2D eigenvalue weighted by Crippen LogP contribution is 2.28. The molecule has 2 aromatic rings. The quantitative estimate of drug-likeness (QED) is 0.850. The van der Waals surface area contributed by atoms with Crippen molar-refractivity contribution in [3.63, 3.8) is 0 Å². The van der Waals surface area contributed by atoms with Crippen LogP contribution in [0.1, 0.15) is 31.9 Å². The summed E-state index contributed by atoms with van der Waals surface area (Å²) in [6.07, 6.45) is 1.68. The largest absolute Gasteiger partial charge is 0.308 e. The lowest BCUT2D eigenvalue weighted by Crippen LogP contribution is -2.35. The molecule has 0 unspecified atom stereocenters. The number of pyridine rings is 1. The van der Waals surface area contributed by atoms with Gasteiger partial charge in [0, 0.05) is 23.2 Å². The van der Waals surface area contributed by atoms with Gasteiger partial charge < -0.3 is 5.32 Å². The molecule has 1 aromatic heterocycles. The molecule has 0 saturated heterocycles. The van der Waals surface area contributed by atoms with Crippen LogP contribution in [0.2, 0.25) is 5.02 Å². The van der Waals surface area contributed by atoms with E-state index in [1.165, 1.54) is 16.0 Å². The summed E-state index contributed by atoms with van der Waals surface area (Å²) in [6, 6.07) is 10.4. The Labute approximate surface area is 136 Å². The van der Waals surface area contributed by atoms with E-state index in [9.17, 15) is 0 Å². The van der Waals surface area contributed by atoms with Crippen LogP contribution in [-0.4, -0.2) is 10.5 Å². The van der Waals surface area contributed by atoms with Crippen molar-refractivity contribution in [3.8, 4) is 0 Å². The SMILES string of the molecule is Cc1cc(Sc2ccc(Cl)cn2)ccc1CNC(C)(C)C. The minimum absolute atomic E-state index is 0.132. The summed E-state index contributed by atoms with van der Waals surface area (Å²) in [5.74, 6) is 0. The van der Waals surface area contributed by atoms with Gasteiger partial charge in [0.25, 0.3) is 0 Å². The lowest BCUT2D eigenvalue weighted by atomic mass is 10.1. The average Bonchev–Trinajstić information content (AvgIpc) is 2.39. The van der Waals surface area contributed by atoms with E-state index in [1.54, 1.807) is 18.0 Å². The van der Waals surface area contributed by atoms with Crippen molar-refractivity contribution < 1.29 is 0 Å². The highest BCUT2D eigenvalue weighted by molar-refractivity contribution is 7.99. The number of benzene rings is 1. The van der Waals surface area contributed by atoms with E-state index in [-0.39, 0.29) is 5.54 Å². The molecule has 1 aromatic carbocycles. The zero-order valence-electron chi connectivity index (χ0n) is 12.9. The first kappa shape index (κ1) is 16.3. The fraction of sp³-hybridized carbons (Fsp3) is 0.353. The van der Waals surface area contributed by atoms with Gasteiger partial charge in [-0.25, -0.2) is 4.98 Å². The Balaban J connectivity index is 2.06. The zero-order valence-corrected chi connectivity index (χ0v) is 14.5. The number of rotatable bonds is 4. The van der Waals surface area contributed by atoms with Crippen molar-refractivity contribution >= 4 is 23.4 Å². The Kier molecular flexibility index (Phi) is 5.31. The van der Waals surface area contributed by atoms with Gasteiger partial charge in [-0.15, -0.1) is 0 Å². The van der Waals surface area contributed by atoms with Crippen LogP contribution in [0.25, 0.3) is 0 Å². The third-order valence-corrected chi connectivity index (χ3v) is 4.21. The molecule has 2 nitrogen and oxygen atoms in total. The second-order valence-corrected chi connectivity index (χ2v) is 7.64. The normalized spacial score (nSPS) is 11.7. The molecule has 0 aliphatic carbocycles. The second kappa shape index (κ2) is 6.82. The summed E-state index contributed by atoms with van der Waals surface area (Å²) < 4.78 is 0. The molecule has 0 bridgehead atoms. The minimum atomic E-state index is 0.132. The molecule has 0 amide bonds. The molecule has 0 aliphatic heterocycles. The third-order valence-electron chi connectivity index (χ3n) is 3.05. The Hall–Kier alpha value is -1.03. The first-order chi connectivity index (χ1) is 9.83. The van der Waals surface area contributed by atoms with Crippen LogP contribution in [0, 0.1) is 6.92 Å². The van der Waals surface area contributed by atoms with E-state index in [2.05, 4.69) is 56.2 Å². The number of hydrogen-bond acceptors (Lipinski definition) is 3. The van der Waals surface area contributed by atoms with Gasteiger partial charge in [0.2, 0.25) is 0 Å². The van der Waals surface area contributed by atoms with Gasteiger partial charge in [-0.3, -0.25) is 0 Å². The van der Waals surface area contributed by atoms with E-state index in [4.69, 9.17) is 11.6 Å². The van der Waals surface area contributed by atoms with Gasteiger partial charge in [-0.05, 0) is 63.1 Å². The van der Waals surface area contributed by atoms with Crippen molar-refractivity contribution in [1.82, 2.24) is 10.3 Å². The van der Waals surface area contributed by atoms with Gasteiger partial charge in [0.05, 0.1) is 5.02 Å². The van der Waals surface area contributed by atoms with Crippen LogP contribution < -0.4 is 5.32 Å². The van der Waals surface area contributed by atoms with Gasteiger partial charge in [-0.1, -0.05) is 29.4 Å². The number of hydrogen-bond donors (Lipinski definition) is 1. The lowest BCUT2D eigenvalue weighted by Gasteiger charge is -2.21. The van der Waals surface area contributed by atoms with Crippen LogP contribution in [0.3, 0.4) is 0 Å². The minimum Gasteiger partial charge on any atom is -0.308 e. The monoisotopic (exact) mass is 320 g/mol. The van der Waals surface area contributed by atoms with Crippen molar-refractivity contribution in [3.05, 3.63) is 52.7 Å². The molecule has 0 atom stereocenters. The van der Waals surface area contributed by atoms with E-state index in [0.29, 0.717) is 5.02 Å². The van der Waals surface area contributed by atoms with Crippen LogP contribution in [-0.2, 0) is 6.54 Å². The van der Waals surface area contributed by atoms with Crippen molar-refractivity contribution in [2.75, 3.05) is 0 Å². The number of nitrogens with zero attached hydrogens (tertiary/aromatic N) is 1. The molecule has 1 N–H and O–H groups in total. The maximum Gasteiger partial charge on any atom is 0.101 e. The number of nitrogens with one attached hydrogen (secondary N) is 1. The Bertz CT molecular complexity index is 603. The molecule has 112 valence electrons. The van der Waals surface area contributed by atoms with Gasteiger partial charge >= 0.3 is 0 Å². The van der Waals surface area contributed by atoms with Crippen LogP contribution in [0.5, 0.6) is 0 Å². The first-order valence-electron chi connectivity index (χ1n) is 6.97. The van der Waals surface area contributed by atoms with E-state index >= 15 is 0 Å². The molecule has 0 spiro atoms. The number of aromatic nitrogens is 1. The Morgan fingerprint density at radius 1 is 1.19 bits per heavy atom. The summed E-state index contributed by atoms with van der Waals surface area (Å²) >= 11 is 7.51. The summed E-state index contributed by atoms with van der Waals surface area (Å²) in [5, 5.41) is 5.14. The van der Waals surface area contributed by atoms with E-state index in [0.717, 1.165) is 11.6 Å². The molecule has 0 saturated carbocycles. The molecular formula is C17H21ClN2S. The molecule has 2 rings (SSSR count). The Morgan fingerprint density at radius 3 is 2.52 bits per heavy atom. The number of halogens is 1. The van der Waals surface area contributed by atoms with Gasteiger partial charge in [-0.2, -0.15) is 0 Å². The maximum absolute atomic E-state index is 5.85. The zero-order chi connectivity index (χ0) is 15.5. The molecule has 0 fully saturated rings. The van der Waals surface area contributed by atoms with E-state index in [1.807, 2.05) is 12.1 Å². The smallest absolute Gasteiger partial charge is 0.101 e. The molecule has 21 heavy (non-hydrogen) atoms. The molecule has 1 heterocycles. The van der Waals surface area contributed by atoms with Crippen molar-refractivity contribution in [1.29, 1.82) is 0 Å². The maximum atomic E-state index is 5.85. The highest BCUT2D eigenvalue weighted by Gasteiger charge is 2.10. The highest BCUT2D eigenvalue weighted by atomic mass is 35.5. The van der Waals surface area contributed by atoms with Gasteiger partial charge in [0.15, 0.2) is 0 Å². The van der Waals surface area contributed by atoms with Gasteiger partial charge in [0.1, 0.15) is 5.03 Å². The molecule has 0 aliphatic rings. The summed E-state index contributed by atoms with van der Waals surface area (Å²) in [6.45, 7) is 9.58. The van der Waals surface area contributed by atoms with Crippen LogP contribution in [0.15, 0.2) is 46.5 Å². The van der Waals surface area contributed by atoms with Crippen molar-refractivity contribution in [2.24, 2.45) is 0 Å². The van der Waals surface area contributed by atoms with Crippen LogP contribution >= 0.6 is 23.4 Å². The number of aryl methyl sites for hydroxylation is 1. The van der Waals surface area contributed by atoms with Crippen molar-refractivity contribution in [2.45, 2.75) is 49.7 Å². The fourth-order valence-electron chi connectivity index (χ4n) is 1.83. The molecule has 0 radical (unpaired) electrons. The summed E-state index contributed by atoms with van der Waals surface area (Å²) in [7, 11) is 0. The average molecular weight is 321 g/mol. The first-order valence-corrected chi connectivity index (χ1v) is 8.17. The molecule has 4 heteroatoms. The fourth-order valence-corrected chi connectivity index (χ4v) is 2.80.